The van der Waals surface area contributed by atoms with E-state index in [0.717, 1.165) is 5.75 Å². The van der Waals surface area contributed by atoms with Crippen LogP contribution in [0, 0.1) is 0 Å². The highest BCUT2D eigenvalue weighted by atomic mass is 16.5. The van der Waals surface area contributed by atoms with Gasteiger partial charge < -0.3 is 20.5 Å². The van der Waals surface area contributed by atoms with Crippen LogP contribution in [-0.2, 0) is 4.79 Å². The minimum absolute atomic E-state index is 0.155. The summed E-state index contributed by atoms with van der Waals surface area (Å²) in [7, 11) is 0. The molecule has 27 heavy (non-hydrogen) atoms. The maximum Gasteiger partial charge on any atom is 0.262 e. The second-order valence-electron chi connectivity index (χ2n) is 5.66. The van der Waals surface area contributed by atoms with E-state index in [1.165, 1.54) is 0 Å². The maximum atomic E-state index is 12.0. The van der Waals surface area contributed by atoms with Gasteiger partial charge in [-0.2, -0.15) is 0 Å². The van der Waals surface area contributed by atoms with Crippen LogP contribution in [0.2, 0.25) is 0 Å². The highest BCUT2D eigenvalue weighted by molar-refractivity contribution is 5.93. The Kier molecular flexibility index (Phi) is 5.69. The third-order valence-electron chi connectivity index (χ3n) is 3.63. The molecule has 0 unspecified atom stereocenters. The number of rotatable bonds is 7. The third-order valence-corrected chi connectivity index (χ3v) is 3.63. The van der Waals surface area contributed by atoms with E-state index >= 15 is 0 Å². The summed E-state index contributed by atoms with van der Waals surface area (Å²) in [4.78, 5) is 23.0. The van der Waals surface area contributed by atoms with Crippen LogP contribution in [0.1, 0.15) is 10.4 Å². The zero-order valence-corrected chi connectivity index (χ0v) is 14.4. The molecule has 3 N–H and O–H groups in total. The molecule has 0 saturated carbocycles. The lowest BCUT2D eigenvalue weighted by Gasteiger charge is -2.09. The Balaban J connectivity index is 1.49. The smallest absolute Gasteiger partial charge is 0.262 e. The van der Waals surface area contributed by atoms with E-state index in [-0.39, 0.29) is 12.5 Å². The zero-order valence-electron chi connectivity index (χ0n) is 14.4. The number of carbonyl (C=O) groups is 2. The molecule has 0 aliphatic carbocycles. The molecule has 0 aromatic heterocycles. The van der Waals surface area contributed by atoms with Crippen molar-refractivity contribution < 1.29 is 19.1 Å². The van der Waals surface area contributed by atoms with Gasteiger partial charge in [0.05, 0.1) is 0 Å². The van der Waals surface area contributed by atoms with Crippen molar-refractivity contribution in [3.8, 4) is 17.2 Å². The lowest BCUT2D eigenvalue weighted by molar-refractivity contribution is -0.118. The summed E-state index contributed by atoms with van der Waals surface area (Å²) in [5.74, 6) is 1.07. The van der Waals surface area contributed by atoms with Gasteiger partial charge >= 0.3 is 0 Å². The first-order valence-electron chi connectivity index (χ1n) is 8.25. The number of nitrogens with two attached hydrogens (primary N) is 1. The number of hydrogen-bond donors (Lipinski definition) is 2. The van der Waals surface area contributed by atoms with Crippen molar-refractivity contribution in [1.82, 2.24) is 0 Å². The van der Waals surface area contributed by atoms with Crippen molar-refractivity contribution in [2.45, 2.75) is 0 Å². The normalized spacial score (nSPS) is 10.1. The topological polar surface area (TPSA) is 90.7 Å². The van der Waals surface area contributed by atoms with Gasteiger partial charge in [-0.15, -0.1) is 0 Å². The van der Waals surface area contributed by atoms with E-state index in [4.69, 9.17) is 15.2 Å². The van der Waals surface area contributed by atoms with Crippen LogP contribution in [0.15, 0.2) is 78.9 Å². The Labute approximate surface area is 156 Å². The third kappa shape index (κ3) is 5.34. The van der Waals surface area contributed by atoms with Crippen LogP contribution < -0.4 is 20.5 Å². The van der Waals surface area contributed by atoms with Crippen LogP contribution in [0.3, 0.4) is 0 Å². The quantitative estimate of drug-likeness (QED) is 0.672. The standard InChI is InChI=1S/C21H18N2O4/c22-21(25)15-6-10-17(11-7-15)26-14-20(24)23-16-8-12-19(13-9-16)27-18-4-2-1-3-5-18/h1-13H,14H2,(H2,22,25)(H,23,24). The maximum absolute atomic E-state index is 12.0. The van der Waals surface area contributed by atoms with E-state index in [9.17, 15) is 9.59 Å². The van der Waals surface area contributed by atoms with E-state index in [1.54, 1.807) is 48.5 Å². The second-order valence-corrected chi connectivity index (χ2v) is 5.66. The number of carbonyl (C=O) groups excluding carboxylic acids is 2. The van der Waals surface area contributed by atoms with Crippen molar-refractivity contribution in [1.29, 1.82) is 0 Å². The zero-order chi connectivity index (χ0) is 19.1. The van der Waals surface area contributed by atoms with Crippen LogP contribution in [-0.4, -0.2) is 18.4 Å². The molecule has 0 aliphatic heterocycles. The number of ether oxygens (including phenoxy) is 2. The molecule has 136 valence electrons. The minimum Gasteiger partial charge on any atom is -0.484 e. The second kappa shape index (κ2) is 8.53. The van der Waals surface area contributed by atoms with Crippen molar-refractivity contribution in [2.75, 3.05) is 11.9 Å². The Morgan fingerprint density at radius 2 is 1.37 bits per heavy atom. The SMILES string of the molecule is NC(=O)c1ccc(OCC(=O)Nc2ccc(Oc3ccccc3)cc2)cc1. The highest BCUT2D eigenvalue weighted by Crippen LogP contribution is 2.22. The lowest BCUT2D eigenvalue weighted by Crippen LogP contribution is -2.20. The van der Waals surface area contributed by atoms with Crippen LogP contribution in [0.25, 0.3) is 0 Å². The first kappa shape index (κ1) is 18.0. The monoisotopic (exact) mass is 362 g/mol. The molecule has 3 rings (SSSR count). The molecule has 0 bridgehead atoms. The van der Waals surface area contributed by atoms with E-state index < -0.39 is 5.91 Å². The summed E-state index contributed by atoms with van der Waals surface area (Å²) < 4.78 is 11.1. The van der Waals surface area contributed by atoms with Gasteiger partial charge in [0.25, 0.3) is 5.91 Å². The van der Waals surface area contributed by atoms with Gasteiger partial charge in [-0.25, -0.2) is 0 Å². The average Bonchev–Trinajstić information content (AvgIpc) is 2.69. The Bertz CT molecular complexity index is 907. The molecule has 3 aromatic rings. The van der Waals surface area contributed by atoms with Crippen molar-refractivity contribution in [3.05, 3.63) is 84.4 Å². The molecule has 6 heteroatoms. The van der Waals surface area contributed by atoms with Crippen LogP contribution in [0.5, 0.6) is 17.2 Å². The molecule has 0 saturated heterocycles. The molecule has 2 amide bonds. The fourth-order valence-electron chi connectivity index (χ4n) is 2.29. The van der Waals surface area contributed by atoms with Crippen molar-refractivity contribution >= 4 is 17.5 Å². The number of para-hydroxylation sites is 1. The van der Waals surface area contributed by atoms with Gasteiger partial charge in [0.15, 0.2) is 6.61 Å². The summed E-state index contributed by atoms with van der Waals surface area (Å²) >= 11 is 0. The lowest BCUT2D eigenvalue weighted by atomic mass is 10.2. The van der Waals surface area contributed by atoms with Crippen molar-refractivity contribution in [3.63, 3.8) is 0 Å². The van der Waals surface area contributed by atoms with Gasteiger partial charge in [-0.05, 0) is 60.7 Å². The summed E-state index contributed by atoms with van der Waals surface area (Å²) in [5, 5.41) is 2.74. The van der Waals surface area contributed by atoms with Gasteiger partial charge in [0.1, 0.15) is 17.2 Å². The molecular formula is C21H18N2O4. The number of benzene rings is 3. The van der Waals surface area contributed by atoms with Gasteiger partial charge in [0.2, 0.25) is 5.91 Å². The van der Waals surface area contributed by atoms with E-state index in [1.807, 2.05) is 30.3 Å². The van der Waals surface area contributed by atoms with Gasteiger partial charge in [-0.1, -0.05) is 18.2 Å². The Morgan fingerprint density at radius 3 is 2.00 bits per heavy atom. The summed E-state index contributed by atoms with van der Waals surface area (Å²) in [5.41, 5.74) is 6.18. The van der Waals surface area contributed by atoms with Gasteiger partial charge in [0, 0.05) is 11.3 Å². The predicted molar refractivity (Wildman–Crippen MR) is 102 cm³/mol. The first-order valence-corrected chi connectivity index (χ1v) is 8.25. The predicted octanol–water partition coefficient (Wildman–Crippen LogP) is 3.60. The molecule has 0 radical (unpaired) electrons. The Hall–Kier alpha value is -3.80. The molecular weight excluding hydrogens is 344 g/mol. The number of anilines is 1. The molecule has 0 atom stereocenters. The summed E-state index contributed by atoms with van der Waals surface area (Å²) in [6.45, 7) is -0.155. The molecule has 3 aromatic carbocycles. The summed E-state index contributed by atoms with van der Waals surface area (Å²) in [6, 6.07) is 22.7. The molecule has 0 heterocycles. The number of primary amides is 1. The molecule has 0 spiro atoms. The average molecular weight is 362 g/mol. The number of hydrogen-bond acceptors (Lipinski definition) is 4. The molecule has 6 nitrogen and oxygen atoms in total. The molecule has 0 aliphatic rings. The summed E-state index contributed by atoms with van der Waals surface area (Å²) in [6.07, 6.45) is 0. The first-order chi connectivity index (χ1) is 13.1. The fourth-order valence-corrected chi connectivity index (χ4v) is 2.29. The van der Waals surface area contributed by atoms with E-state index in [0.29, 0.717) is 22.7 Å². The Morgan fingerprint density at radius 1 is 0.778 bits per heavy atom. The molecule has 0 fully saturated rings. The van der Waals surface area contributed by atoms with Gasteiger partial charge in [-0.3, -0.25) is 9.59 Å². The highest BCUT2D eigenvalue weighted by Gasteiger charge is 2.06. The fraction of sp³-hybridized carbons (Fsp3) is 0.0476. The number of amides is 2. The van der Waals surface area contributed by atoms with Crippen molar-refractivity contribution in [2.24, 2.45) is 5.73 Å². The largest absolute Gasteiger partial charge is 0.484 e. The van der Waals surface area contributed by atoms with Crippen LogP contribution in [0.4, 0.5) is 5.69 Å². The van der Waals surface area contributed by atoms with Crippen LogP contribution >= 0.6 is 0 Å². The van der Waals surface area contributed by atoms with E-state index in [2.05, 4.69) is 5.32 Å². The number of nitrogens with one attached hydrogen (secondary N) is 1. The minimum atomic E-state index is -0.515.